The summed E-state index contributed by atoms with van der Waals surface area (Å²) in [5.74, 6) is 0.832. The molecular formula is C22H35N3O4. The number of nitrogens with zero attached hydrogens (tertiary/aromatic N) is 3. The number of carbonyl (C=O) groups is 1. The first-order valence-corrected chi connectivity index (χ1v) is 10.8. The molecule has 29 heavy (non-hydrogen) atoms. The molecule has 7 nitrogen and oxygen atoms in total. The van der Waals surface area contributed by atoms with E-state index in [9.17, 15) is 9.90 Å². The molecule has 2 fully saturated rings. The maximum absolute atomic E-state index is 11.8. The second-order valence-corrected chi connectivity index (χ2v) is 7.97. The van der Waals surface area contributed by atoms with Crippen LogP contribution in [0.5, 0.6) is 5.75 Å². The summed E-state index contributed by atoms with van der Waals surface area (Å²) in [4.78, 5) is 18.8. The minimum absolute atomic E-state index is 0.0226. The van der Waals surface area contributed by atoms with E-state index in [1.807, 2.05) is 19.1 Å². The SMILES string of the molecule is CCOC(=O)C1CCN(CC(O)CN2CCN(c3ccc(OC)cc3)CC2)CC1. The third-order valence-electron chi connectivity index (χ3n) is 5.96. The van der Waals surface area contributed by atoms with Crippen LogP contribution in [0.25, 0.3) is 0 Å². The molecule has 162 valence electrons. The Morgan fingerprint density at radius 3 is 2.17 bits per heavy atom. The molecule has 0 aliphatic carbocycles. The number of carbonyl (C=O) groups excluding carboxylic acids is 1. The predicted molar refractivity (Wildman–Crippen MR) is 113 cm³/mol. The number of anilines is 1. The number of likely N-dealkylation sites (tertiary alicyclic amines) is 1. The van der Waals surface area contributed by atoms with Crippen LogP contribution in [0.3, 0.4) is 0 Å². The zero-order valence-corrected chi connectivity index (χ0v) is 17.8. The number of benzene rings is 1. The van der Waals surface area contributed by atoms with E-state index in [1.165, 1.54) is 5.69 Å². The van der Waals surface area contributed by atoms with E-state index in [1.54, 1.807) is 7.11 Å². The highest BCUT2D eigenvalue weighted by atomic mass is 16.5. The Morgan fingerprint density at radius 2 is 1.62 bits per heavy atom. The van der Waals surface area contributed by atoms with Gasteiger partial charge in [0.1, 0.15) is 5.75 Å². The molecule has 2 saturated heterocycles. The third kappa shape index (κ3) is 6.32. The Hall–Kier alpha value is -1.83. The summed E-state index contributed by atoms with van der Waals surface area (Å²) in [6.45, 7) is 9.21. The van der Waals surface area contributed by atoms with Gasteiger partial charge in [0, 0.05) is 45.0 Å². The summed E-state index contributed by atoms with van der Waals surface area (Å²) in [6.07, 6.45) is 1.29. The number of esters is 1. The van der Waals surface area contributed by atoms with Crippen molar-refractivity contribution in [3.05, 3.63) is 24.3 Å². The first-order valence-electron chi connectivity index (χ1n) is 10.8. The van der Waals surface area contributed by atoms with E-state index in [2.05, 4.69) is 26.8 Å². The number of aliphatic hydroxyl groups excluding tert-OH is 1. The summed E-state index contributed by atoms with van der Waals surface area (Å²) in [5, 5.41) is 10.6. The van der Waals surface area contributed by atoms with Crippen molar-refractivity contribution in [3.8, 4) is 5.75 Å². The number of hydrogen-bond acceptors (Lipinski definition) is 7. The molecule has 3 rings (SSSR count). The normalized spacial score (nSPS) is 20.4. The molecule has 2 heterocycles. The Morgan fingerprint density at radius 1 is 1.03 bits per heavy atom. The van der Waals surface area contributed by atoms with Crippen LogP contribution in [-0.4, -0.2) is 93.1 Å². The highest BCUT2D eigenvalue weighted by molar-refractivity contribution is 5.72. The lowest BCUT2D eigenvalue weighted by molar-refractivity contribution is -0.149. The fourth-order valence-electron chi connectivity index (χ4n) is 4.25. The first-order chi connectivity index (χ1) is 14.1. The minimum Gasteiger partial charge on any atom is -0.497 e. The monoisotopic (exact) mass is 405 g/mol. The van der Waals surface area contributed by atoms with E-state index in [0.29, 0.717) is 19.7 Å². The van der Waals surface area contributed by atoms with Crippen molar-refractivity contribution in [1.29, 1.82) is 0 Å². The molecule has 0 spiro atoms. The maximum atomic E-state index is 11.8. The van der Waals surface area contributed by atoms with Crippen molar-refractivity contribution in [2.45, 2.75) is 25.9 Å². The second-order valence-electron chi connectivity index (χ2n) is 7.97. The predicted octanol–water partition coefficient (Wildman–Crippen LogP) is 1.45. The van der Waals surface area contributed by atoms with E-state index in [0.717, 1.165) is 57.9 Å². The van der Waals surface area contributed by atoms with Crippen molar-refractivity contribution in [2.75, 3.05) is 71.0 Å². The van der Waals surface area contributed by atoms with Gasteiger partial charge in [-0.15, -0.1) is 0 Å². The third-order valence-corrected chi connectivity index (χ3v) is 5.96. The van der Waals surface area contributed by atoms with E-state index in [4.69, 9.17) is 9.47 Å². The summed E-state index contributed by atoms with van der Waals surface area (Å²) in [7, 11) is 1.68. The number of aliphatic hydroxyl groups is 1. The van der Waals surface area contributed by atoms with Crippen LogP contribution in [0.4, 0.5) is 5.69 Å². The van der Waals surface area contributed by atoms with Crippen molar-refractivity contribution in [3.63, 3.8) is 0 Å². The molecule has 7 heteroatoms. The largest absolute Gasteiger partial charge is 0.497 e. The number of methoxy groups -OCH3 is 1. The molecule has 1 aromatic carbocycles. The lowest BCUT2D eigenvalue weighted by atomic mass is 9.97. The van der Waals surface area contributed by atoms with Gasteiger partial charge in [0.2, 0.25) is 0 Å². The summed E-state index contributed by atoms with van der Waals surface area (Å²) < 4.78 is 10.4. The summed E-state index contributed by atoms with van der Waals surface area (Å²) >= 11 is 0. The quantitative estimate of drug-likeness (QED) is 0.657. The molecule has 0 bridgehead atoms. The molecule has 1 aromatic rings. The van der Waals surface area contributed by atoms with Crippen molar-refractivity contribution >= 4 is 11.7 Å². The van der Waals surface area contributed by atoms with Crippen LogP contribution in [0.15, 0.2) is 24.3 Å². The maximum Gasteiger partial charge on any atom is 0.309 e. The molecule has 1 unspecified atom stereocenters. The topological polar surface area (TPSA) is 65.5 Å². The van der Waals surface area contributed by atoms with Crippen LogP contribution in [-0.2, 0) is 9.53 Å². The molecular weight excluding hydrogens is 370 g/mol. The summed E-state index contributed by atoms with van der Waals surface area (Å²) in [6, 6.07) is 8.19. The highest BCUT2D eigenvalue weighted by Gasteiger charge is 2.27. The number of piperazine rings is 1. The van der Waals surface area contributed by atoms with Crippen LogP contribution in [0, 0.1) is 5.92 Å². The van der Waals surface area contributed by atoms with Gasteiger partial charge in [-0.25, -0.2) is 0 Å². The molecule has 2 aliphatic rings. The fourth-order valence-corrected chi connectivity index (χ4v) is 4.25. The average molecular weight is 406 g/mol. The zero-order chi connectivity index (χ0) is 20.6. The van der Waals surface area contributed by atoms with Gasteiger partial charge in [-0.3, -0.25) is 9.69 Å². The van der Waals surface area contributed by atoms with Crippen LogP contribution in [0.2, 0.25) is 0 Å². The lowest BCUT2D eigenvalue weighted by Crippen LogP contribution is -2.50. The Kier molecular flexibility index (Phi) is 8.15. The Bertz CT molecular complexity index is 623. The van der Waals surface area contributed by atoms with Gasteiger partial charge in [-0.2, -0.15) is 0 Å². The van der Waals surface area contributed by atoms with Crippen molar-refractivity contribution in [2.24, 2.45) is 5.92 Å². The van der Waals surface area contributed by atoms with Gasteiger partial charge in [0.05, 0.1) is 25.7 Å². The fraction of sp³-hybridized carbons (Fsp3) is 0.682. The highest BCUT2D eigenvalue weighted by Crippen LogP contribution is 2.21. The molecule has 0 radical (unpaired) electrons. The molecule has 1 atom stereocenters. The summed E-state index contributed by atoms with van der Waals surface area (Å²) in [5.41, 5.74) is 1.22. The zero-order valence-electron chi connectivity index (χ0n) is 17.8. The smallest absolute Gasteiger partial charge is 0.309 e. The number of β-amino-alcohol motifs (C(OH)–C–C–N with tert-alkyl or cyclic N) is 1. The van der Waals surface area contributed by atoms with Gasteiger partial charge in [0.15, 0.2) is 0 Å². The number of rotatable bonds is 8. The molecule has 0 aromatic heterocycles. The molecule has 0 amide bonds. The van der Waals surface area contributed by atoms with Gasteiger partial charge >= 0.3 is 5.97 Å². The number of ether oxygens (including phenoxy) is 2. The van der Waals surface area contributed by atoms with E-state index >= 15 is 0 Å². The van der Waals surface area contributed by atoms with Crippen LogP contribution in [0.1, 0.15) is 19.8 Å². The molecule has 0 saturated carbocycles. The molecule has 1 N–H and O–H groups in total. The van der Waals surface area contributed by atoms with Crippen LogP contribution < -0.4 is 9.64 Å². The average Bonchev–Trinajstić information content (AvgIpc) is 2.75. The van der Waals surface area contributed by atoms with Crippen LogP contribution >= 0.6 is 0 Å². The van der Waals surface area contributed by atoms with E-state index < -0.39 is 0 Å². The van der Waals surface area contributed by atoms with Crippen molar-refractivity contribution < 1.29 is 19.4 Å². The van der Waals surface area contributed by atoms with Crippen molar-refractivity contribution in [1.82, 2.24) is 9.80 Å². The van der Waals surface area contributed by atoms with E-state index in [-0.39, 0.29) is 18.0 Å². The van der Waals surface area contributed by atoms with Gasteiger partial charge < -0.3 is 24.4 Å². The van der Waals surface area contributed by atoms with Gasteiger partial charge in [0.25, 0.3) is 0 Å². The first kappa shape index (κ1) is 21.9. The number of hydrogen-bond donors (Lipinski definition) is 1. The second kappa shape index (κ2) is 10.8. The lowest BCUT2D eigenvalue weighted by Gasteiger charge is -2.38. The van der Waals surface area contributed by atoms with Gasteiger partial charge in [-0.1, -0.05) is 0 Å². The standard InChI is InChI=1S/C22H35N3O4/c1-3-29-22(27)18-8-10-23(11-9-18)16-20(26)17-24-12-14-25(15-13-24)19-4-6-21(28-2)7-5-19/h4-7,18,20,26H,3,8-17H2,1-2H3. The number of piperidine rings is 1. The molecule has 2 aliphatic heterocycles. The Balaban J connectivity index is 1.35. The minimum atomic E-state index is -0.360. The Labute approximate surface area is 174 Å². The van der Waals surface area contributed by atoms with Gasteiger partial charge in [-0.05, 0) is 57.1 Å².